The number of nitrogens with zero attached hydrogens (tertiary/aromatic N) is 1. The van der Waals surface area contributed by atoms with Gasteiger partial charge in [-0.2, -0.15) is 0 Å². The van der Waals surface area contributed by atoms with Crippen molar-refractivity contribution in [3.05, 3.63) is 64.1 Å². The second-order valence-electron chi connectivity index (χ2n) is 3.83. The first-order chi connectivity index (χ1) is 8.74. The summed E-state index contributed by atoms with van der Waals surface area (Å²) in [6.45, 7) is 0. The Balaban J connectivity index is 2.07. The number of aromatic nitrogens is 1. The predicted octanol–water partition coefficient (Wildman–Crippen LogP) is 4.18. The van der Waals surface area contributed by atoms with Gasteiger partial charge in [0, 0.05) is 10.6 Å². The number of hydrogen-bond acceptors (Lipinski definition) is 3. The number of carbonyl (C=O) groups is 1. The monoisotopic (exact) mass is 273 g/mol. The maximum Gasteiger partial charge on any atom is 0.221 e. The van der Waals surface area contributed by atoms with Gasteiger partial charge in [-0.1, -0.05) is 41.9 Å². The van der Waals surface area contributed by atoms with Crippen LogP contribution < -0.4 is 0 Å². The summed E-state index contributed by atoms with van der Waals surface area (Å²) in [5.41, 5.74) is 1.46. The zero-order chi connectivity index (χ0) is 12.5. The molecule has 0 spiro atoms. The summed E-state index contributed by atoms with van der Waals surface area (Å²) in [6.07, 6.45) is 0. The van der Waals surface area contributed by atoms with Crippen LogP contribution >= 0.6 is 22.9 Å². The van der Waals surface area contributed by atoms with Gasteiger partial charge in [0.15, 0.2) is 5.01 Å². The predicted molar refractivity (Wildman–Crippen MR) is 74.5 cm³/mol. The highest BCUT2D eigenvalue weighted by atomic mass is 35.5. The molecule has 0 unspecified atom stereocenters. The molecule has 1 aromatic heterocycles. The fourth-order valence-corrected chi connectivity index (χ4v) is 2.91. The third-order valence-electron chi connectivity index (χ3n) is 2.58. The molecular formula is C14H8ClNOS. The van der Waals surface area contributed by atoms with Gasteiger partial charge in [0.25, 0.3) is 0 Å². The van der Waals surface area contributed by atoms with E-state index in [-0.39, 0.29) is 5.78 Å². The molecule has 0 radical (unpaired) electrons. The zero-order valence-corrected chi connectivity index (χ0v) is 10.8. The number of thiazole rings is 1. The molecule has 18 heavy (non-hydrogen) atoms. The molecule has 3 rings (SSSR count). The SMILES string of the molecule is O=C(c1ccccc1)c1nc2ccc(Cl)cc2s1. The van der Waals surface area contributed by atoms with Crippen LogP contribution in [0.15, 0.2) is 48.5 Å². The summed E-state index contributed by atoms with van der Waals surface area (Å²) in [4.78, 5) is 16.6. The van der Waals surface area contributed by atoms with E-state index in [0.29, 0.717) is 15.6 Å². The number of halogens is 1. The quantitative estimate of drug-likeness (QED) is 0.656. The van der Waals surface area contributed by atoms with Crippen molar-refractivity contribution in [3.8, 4) is 0 Å². The van der Waals surface area contributed by atoms with Crippen molar-refractivity contribution in [2.75, 3.05) is 0 Å². The van der Waals surface area contributed by atoms with Crippen molar-refractivity contribution in [1.82, 2.24) is 4.98 Å². The molecule has 88 valence electrons. The number of fused-ring (bicyclic) bond motifs is 1. The minimum atomic E-state index is -0.0482. The van der Waals surface area contributed by atoms with Gasteiger partial charge in [0.05, 0.1) is 10.2 Å². The Kier molecular flexibility index (Phi) is 2.86. The average Bonchev–Trinajstić information content (AvgIpc) is 2.81. The van der Waals surface area contributed by atoms with Crippen molar-refractivity contribution in [2.45, 2.75) is 0 Å². The van der Waals surface area contributed by atoms with Gasteiger partial charge in [-0.25, -0.2) is 4.98 Å². The van der Waals surface area contributed by atoms with Crippen LogP contribution in [-0.2, 0) is 0 Å². The normalized spacial score (nSPS) is 10.7. The van der Waals surface area contributed by atoms with E-state index in [2.05, 4.69) is 4.98 Å². The average molecular weight is 274 g/mol. The third kappa shape index (κ3) is 2.03. The maximum absolute atomic E-state index is 12.2. The molecule has 0 aliphatic rings. The van der Waals surface area contributed by atoms with E-state index in [4.69, 9.17) is 11.6 Å². The van der Waals surface area contributed by atoms with Gasteiger partial charge in [-0.15, -0.1) is 11.3 Å². The molecule has 2 nitrogen and oxygen atoms in total. The molecule has 1 heterocycles. The smallest absolute Gasteiger partial charge is 0.221 e. The minimum Gasteiger partial charge on any atom is -0.286 e. The summed E-state index contributed by atoms with van der Waals surface area (Å²) in [6, 6.07) is 14.6. The van der Waals surface area contributed by atoms with E-state index in [0.717, 1.165) is 10.2 Å². The van der Waals surface area contributed by atoms with Crippen LogP contribution in [0.5, 0.6) is 0 Å². The van der Waals surface area contributed by atoms with E-state index in [9.17, 15) is 4.79 Å². The van der Waals surface area contributed by atoms with E-state index < -0.39 is 0 Å². The van der Waals surface area contributed by atoms with Crippen LogP contribution in [0.2, 0.25) is 5.02 Å². The lowest BCUT2D eigenvalue weighted by Gasteiger charge is -1.94. The molecular weight excluding hydrogens is 266 g/mol. The zero-order valence-electron chi connectivity index (χ0n) is 9.26. The highest BCUT2D eigenvalue weighted by Gasteiger charge is 2.14. The second kappa shape index (κ2) is 4.52. The van der Waals surface area contributed by atoms with Gasteiger partial charge < -0.3 is 0 Å². The lowest BCUT2D eigenvalue weighted by molar-refractivity contribution is 0.103. The van der Waals surface area contributed by atoms with Crippen molar-refractivity contribution < 1.29 is 4.79 Å². The van der Waals surface area contributed by atoms with Gasteiger partial charge in [-0.05, 0) is 18.2 Å². The van der Waals surface area contributed by atoms with E-state index in [1.165, 1.54) is 11.3 Å². The highest BCUT2D eigenvalue weighted by molar-refractivity contribution is 7.20. The molecule has 0 fully saturated rings. The first kappa shape index (κ1) is 11.4. The van der Waals surface area contributed by atoms with E-state index in [1.54, 1.807) is 18.2 Å². The highest BCUT2D eigenvalue weighted by Crippen LogP contribution is 2.26. The van der Waals surface area contributed by atoms with E-state index in [1.807, 2.05) is 30.3 Å². The molecule has 0 N–H and O–H groups in total. The van der Waals surface area contributed by atoms with Crippen molar-refractivity contribution in [3.63, 3.8) is 0 Å². The fraction of sp³-hybridized carbons (Fsp3) is 0. The fourth-order valence-electron chi connectivity index (χ4n) is 1.71. The minimum absolute atomic E-state index is 0.0482. The van der Waals surface area contributed by atoms with Gasteiger partial charge in [-0.3, -0.25) is 4.79 Å². The number of hydrogen-bond donors (Lipinski definition) is 0. The number of benzene rings is 2. The van der Waals surface area contributed by atoms with Crippen molar-refractivity contribution in [1.29, 1.82) is 0 Å². The largest absolute Gasteiger partial charge is 0.286 e. The Bertz CT molecular complexity index is 721. The molecule has 0 bridgehead atoms. The Labute approximate surface area is 113 Å². The molecule has 0 amide bonds. The standard InChI is InChI=1S/C14H8ClNOS/c15-10-6-7-11-12(8-10)18-14(16-11)13(17)9-4-2-1-3-5-9/h1-8H. The van der Waals surface area contributed by atoms with Crippen LogP contribution in [0, 0.1) is 0 Å². The summed E-state index contributed by atoms with van der Waals surface area (Å²) >= 11 is 7.29. The van der Waals surface area contributed by atoms with Gasteiger partial charge >= 0.3 is 0 Å². The topological polar surface area (TPSA) is 30.0 Å². The van der Waals surface area contributed by atoms with Gasteiger partial charge in [0.1, 0.15) is 0 Å². The molecule has 0 saturated heterocycles. The van der Waals surface area contributed by atoms with Crippen LogP contribution in [0.4, 0.5) is 0 Å². The number of rotatable bonds is 2. The summed E-state index contributed by atoms with van der Waals surface area (Å²) in [5, 5.41) is 1.16. The van der Waals surface area contributed by atoms with Crippen LogP contribution in [0.3, 0.4) is 0 Å². The lowest BCUT2D eigenvalue weighted by atomic mass is 10.1. The van der Waals surface area contributed by atoms with Crippen LogP contribution in [-0.4, -0.2) is 10.8 Å². The first-order valence-corrected chi connectivity index (χ1v) is 6.59. The Morgan fingerprint density at radius 3 is 2.67 bits per heavy atom. The molecule has 4 heteroatoms. The number of carbonyl (C=O) groups excluding carboxylic acids is 1. The summed E-state index contributed by atoms with van der Waals surface area (Å²) in [7, 11) is 0. The summed E-state index contributed by atoms with van der Waals surface area (Å²) < 4.78 is 0.932. The Morgan fingerprint density at radius 1 is 1.11 bits per heavy atom. The Morgan fingerprint density at radius 2 is 1.89 bits per heavy atom. The number of ketones is 1. The van der Waals surface area contributed by atoms with Crippen LogP contribution in [0.1, 0.15) is 15.4 Å². The second-order valence-corrected chi connectivity index (χ2v) is 5.29. The molecule has 3 aromatic rings. The molecule has 2 aromatic carbocycles. The molecule has 0 aliphatic heterocycles. The van der Waals surface area contributed by atoms with Crippen molar-refractivity contribution in [2.24, 2.45) is 0 Å². The Hall–Kier alpha value is -1.71. The molecule has 0 saturated carbocycles. The summed E-state index contributed by atoms with van der Waals surface area (Å²) in [5.74, 6) is -0.0482. The maximum atomic E-state index is 12.2. The lowest BCUT2D eigenvalue weighted by Crippen LogP contribution is -1.99. The molecule has 0 atom stereocenters. The molecule has 0 aliphatic carbocycles. The first-order valence-electron chi connectivity index (χ1n) is 5.40. The van der Waals surface area contributed by atoms with Crippen LogP contribution in [0.25, 0.3) is 10.2 Å². The van der Waals surface area contributed by atoms with Crippen molar-refractivity contribution >= 4 is 38.9 Å². The van der Waals surface area contributed by atoms with E-state index >= 15 is 0 Å². The third-order valence-corrected chi connectivity index (χ3v) is 3.83. The van der Waals surface area contributed by atoms with Gasteiger partial charge in [0.2, 0.25) is 5.78 Å².